The van der Waals surface area contributed by atoms with Gasteiger partial charge in [-0.15, -0.1) is 5.10 Å². The summed E-state index contributed by atoms with van der Waals surface area (Å²) in [6.45, 7) is 3.39. The molecular formula is C21H20FN3O3. The minimum atomic E-state index is -0.425. The van der Waals surface area contributed by atoms with Crippen LogP contribution >= 0.6 is 0 Å². The van der Waals surface area contributed by atoms with Crippen LogP contribution in [0.15, 0.2) is 36.5 Å². The topological polar surface area (TPSA) is 73.2 Å². The lowest BCUT2D eigenvalue weighted by Crippen LogP contribution is -2.25. The van der Waals surface area contributed by atoms with Gasteiger partial charge in [0.05, 0.1) is 6.20 Å². The fourth-order valence-corrected chi connectivity index (χ4v) is 3.02. The zero-order valence-corrected chi connectivity index (χ0v) is 15.7. The van der Waals surface area contributed by atoms with Crippen LogP contribution < -0.4 is 10.2 Å². The van der Waals surface area contributed by atoms with Gasteiger partial charge in [-0.1, -0.05) is 17.8 Å². The number of carbonyl (C=O) groups is 2. The lowest BCUT2D eigenvalue weighted by Gasteiger charge is -2.11. The monoisotopic (exact) mass is 381 g/mol. The van der Waals surface area contributed by atoms with E-state index in [9.17, 15) is 14.0 Å². The highest BCUT2D eigenvalue weighted by molar-refractivity contribution is 5.96. The van der Waals surface area contributed by atoms with E-state index >= 15 is 0 Å². The van der Waals surface area contributed by atoms with Gasteiger partial charge in [0.1, 0.15) is 11.3 Å². The van der Waals surface area contributed by atoms with Gasteiger partial charge in [-0.3, -0.25) is 4.79 Å². The highest BCUT2D eigenvalue weighted by Gasteiger charge is 2.24. The third-order valence-electron chi connectivity index (χ3n) is 4.84. The molecule has 1 heterocycles. The summed E-state index contributed by atoms with van der Waals surface area (Å²) in [6, 6.07) is 8.58. The van der Waals surface area contributed by atoms with Gasteiger partial charge in [-0.25, -0.2) is 9.18 Å². The van der Waals surface area contributed by atoms with Crippen molar-refractivity contribution in [2.45, 2.75) is 39.2 Å². The number of nitrogens with zero attached hydrogens (tertiary/aromatic N) is 2. The minimum Gasteiger partial charge on any atom is -0.349 e. The van der Waals surface area contributed by atoms with Crippen LogP contribution in [0.3, 0.4) is 0 Å². The number of benzene rings is 2. The number of rotatable bonds is 5. The second-order valence-electron chi connectivity index (χ2n) is 6.99. The molecule has 1 fully saturated rings. The number of hydrogen-bond acceptors (Lipinski definition) is 4. The third-order valence-corrected chi connectivity index (χ3v) is 4.84. The van der Waals surface area contributed by atoms with Crippen LogP contribution in [0, 0.1) is 12.7 Å². The number of aromatic nitrogens is 2. The molecular weight excluding hydrogens is 361 g/mol. The van der Waals surface area contributed by atoms with Gasteiger partial charge in [0, 0.05) is 23.4 Å². The molecule has 2 aromatic carbocycles. The normalized spacial score (nSPS) is 13.5. The van der Waals surface area contributed by atoms with E-state index in [4.69, 9.17) is 4.84 Å². The summed E-state index contributed by atoms with van der Waals surface area (Å²) in [5.41, 5.74) is 2.79. The molecule has 0 bridgehead atoms. The molecule has 0 unspecified atom stereocenters. The van der Waals surface area contributed by atoms with Crippen LogP contribution in [0.4, 0.5) is 4.39 Å². The third kappa shape index (κ3) is 3.47. The standard InChI is InChI=1S/C21H20FN3O3/c1-3-20(26)28-25-19-7-4-13(8-15(19)11-23-25)17-9-14(10-18(22)12(17)2)21(27)24-16-5-6-16/h4,7-11,16H,3,5-6H2,1-2H3,(H,24,27). The molecule has 0 saturated heterocycles. The van der Waals surface area contributed by atoms with Crippen molar-refractivity contribution in [2.75, 3.05) is 0 Å². The minimum absolute atomic E-state index is 0.202. The molecule has 0 spiro atoms. The molecule has 4 rings (SSSR count). The Balaban J connectivity index is 1.71. The quantitative estimate of drug-likeness (QED) is 0.735. The van der Waals surface area contributed by atoms with Crippen LogP contribution in [-0.2, 0) is 4.79 Å². The lowest BCUT2D eigenvalue weighted by atomic mass is 9.96. The highest BCUT2D eigenvalue weighted by Crippen LogP contribution is 2.30. The number of halogens is 1. The Morgan fingerprint density at radius 2 is 2.07 bits per heavy atom. The first-order valence-electron chi connectivity index (χ1n) is 9.26. The van der Waals surface area contributed by atoms with E-state index in [0.29, 0.717) is 22.2 Å². The average molecular weight is 381 g/mol. The van der Waals surface area contributed by atoms with E-state index in [0.717, 1.165) is 23.8 Å². The van der Waals surface area contributed by atoms with Crippen molar-refractivity contribution >= 4 is 22.8 Å². The number of nitrogens with one attached hydrogen (secondary N) is 1. The average Bonchev–Trinajstić information content (AvgIpc) is 3.42. The van der Waals surface area contributed by atoms with Gasteiger partial charge in [0.25, 0.3) is 5.91 Å². The molecule has 1 N–H and O–H groups in total. The zero-order chi connectivity index (χ0) is 19.8. The van der Waals surface area contributed by atoms with Gasteiger partial charge in [-0.05, 0) is 60.7 Å². The summed E-state index contributed by atoms with van der Waals surface area (Å²) in [5.74, 6) is -1.07. The van der Waals surface area contributed by atoms with Crippen LogP contribution in [0.1, 0.15) is 42.1 Å². The van der Waals surface area contributed by atoms with E-state index < -0.39 is 5.82 Å². The van der Waals surface area contributed by atoms with Crippen molar-refractivity contribution in [2.24, 2.45) is 0 Å². The van der Waals surface area contributed by atoms with Crippen molar-refractivity contribution < 1.29 is 18.8 Å². The van der Waals surface area contributed by atoms with E-state index in [1.165, 1.54) is 10.9 Å². The van der Waals surface area contributed by atoms with Gasteiger partial charge >= 0.3 is 5.97 Å². The van der Waals surface area contributed by atoms with Crippen LogP contribution in [-0.4, -0.2) is 27.9 Å². The first-order chi connectivity index (χ1) is 13.5. The lowest BCUT2D eigenvalue weighted by molar-refractivity contribution is -0.144. The molecule has 0 atom stereocenters. The molecule has 1 saturated carbocycles. The van der Waals surface area contributed by atoms with Crippen molar-refractivity contribution in [3.05, 3.63) is 53.5 Å². The van der Waals surface area contributed by atoms with Gasteiger partial charge < -0.3 is 10.2 Å². The smallest absolute Gasteiger partial charge is 0.334 e. The van der Waals surface area contributed by atoms with E-state index in [-0.39, 0.29) is 24.3 Å². The van der Waals surface area contributed by atoms with Gasteiger partial charge in [0.15, 0.2) is 0 Å². The van der Waals surface area contributed by atoms with Crippen molar-refractivity contribution in [3.8, 4) is 11.1 Å². The molecule has 1 amide bonds. The summed E-state index contributed by atoms with van der Waals surface area (Å²) < 4.78 is 14.5. The summed E-state index contributed by atoms with van der Waals surface area (Å²) in [5, 5.41) is 7.71. The Hall–Kier alpha value is -3.22. The summed E-state index contributed by atoms with van der Waals surface area (Å²) >= 11 is 0. The van der Waals surface area contributed by atoms with Crippen molar-refractivity contribution in [3.63, 3.8) is 0 Å². The number of hydrogen-bond donors (Lipinski definition) is 1. The molecule has 28 heavy (non-hydrogen) atoms. The molecule has 3 aromatic rings. The first kappa shape index (κ1) is 18.2. The van der Waals surface area contributed by atoms with E-state index in [2.05, 4.69) is 10.4 Å². The molecule has 1 aliphatic carbocycles. The zero-order valence-electron chi connectivity index (χ0n) is 15.7. The number of amides is 1. The highest BCUT2D eigenvalue weighted by atomic mass is 19.1. The predicted octanol–water partition coefficient (Wildman–Crippen LogP) is 3.41. The second kappa shape index (κ2) is 7.07. The first-order valence-corrected chi connectivity index (χ1v) is 9.26. The SMILES string of the molecule is CCC(=O)On1ncc2cc(-c3cc(C(=O)NC4CC4)cc(F)c3C)ccc21. The molecule has 0 aliphatic heterocycles. The largest absolute Gasteiger partial charge is 0.349 e. The summed E-state index contributed by atoms with van der Waals surface area (Å²) in [6.07, 6.45) is 3.76. The Morgan fingerprint density at radius 1 is 1.29 bits per heavy atom. The van der Waals surface area contributed by atoms with Crippen molar-refractivity contribution in [1.82, 2.24) is 15.3 Å². The Morgan fingerprint density at radius 3 is 2.79 bits per heavy atom. The number of carbonyl (C=O) groups excluding carboxylic acids is 2. The Labute approximate surface area is 161 Å². The van der Waals surface area contributed by atoms with Gasteiger partial charge in [0.2, 0.25) is 0 Å². The summed E-state index contributed by atoms with van der Waals surface area (Å²) in [7, 11) is 0. The molecule has 1 aliphatic rings. The fourth-order valence-electron chi connectivity index (χ4n) is 3.02. The molecule has 6 nitrogen and oxygen atoms in total. The molecule has 7 heteroatoms. The van der Waals surface area contributed by atoms with E-state index in [1.54, 1.807) is 38.2 Å². The Bertz CT molecular complexity index is 1090. The summed E-state index contributed by atoms with van der Waals surface area (Å²) in [4.78, 5) is 30.2. The fraction of sp³-hybridized carbons (Fsp3) is 0.286. The molecule has 0 radical (unpaired) electrons. The Kier molecular flexibility index (Phi) is 4.58. The van der Waals surface area contributed by atoms with Crippen LogP contribution in [0.2, 0.25) is 0 Å². The molecule has 1 aromatic heterocycles. The van der Waals surface area contributed by atoms with Crippen LogP contribution in [0.25, 0.3) is 22.0 Å². The maximum absolute atomic E-state index is 14.5. The maximum Gasteiger partial charge on any atom is 0.334 e. The number of fused-ring (bicyclic) bond motifs is 1. The van der Waals surface area contributed by atoms with Crippen molar-refractivity contribution in [1.29, 1.82) is 0 Å². The maximum atomic E-state index is 14.5. The molecule has 144 valence electrons. The van der Waals surface area contributed by atoms with Crippen LogP contribution in [0.5, 0.6) is 0 Å². The second-order valence-corrected chi connectivity index (χ2v) is 6.99. The van der Waals surface area contributed by atoms with Gasteiger partial charge in [-0.2, -0.15) is 0 Å². The van der Waals surface area contributed by atoms with E-state index in [1.807, 2.05) is 6.07 Å². The predicted molar refractivity (Wildman–Crippen MR) is 102 cm³/mol.